The molecule has 0 bridgehead atoms. The van der Waals surface area contributed by atoms with Crippen LogP contribution in [-0.2, 0) is 16.0 Å². The summed E-state index contributed by atoms with van der Waals surface area (Å²) in [6, 6.07) is 6.48. The number of carbonyl (C=O) groups excluding carboxylic acids is 2. The van der Waals surface area contributed by atoms with Crippen LogP contribution in [0, 0.1) is 0 Å². The van der Waals surface area contributed by atoms with E-state index in [0.717, 1.165) is 13.0 Å². The molecule has 0 saturated carbocycles. The second-order valence-corrected chi connectivity index (χ2v) is 7.98. The van der Waals surface area contributed by atoms with E-state index in [1.165, 1.54) is 20.2 Å². The summed E-state index contributed by atoms with van der Waals surface area (Å²) in [7, 11) is 3.37. The lowest BCUT2D eigenvalue weighted by Crippen LogP contribution is -2.44. The maximum absolute atomic E-state index is 12.3. The van der Waals surface area contributed by atoms with Crippen LogP contribution in [0.1, 0.15) is 21.4 Å². The maximum Gasteiger partial charge on any atom is 0.241 e. The van der Waals surface area contributed by atoms with Crippen LogP contribution in [0.2, 0.25) is 0 Å². The smallest absolute Gasteiger partial charge is 0.241 e. The van der Waals surface area contributed by atoms with E-state index in [1.54, 1.807) is 36.8 Å². The summed E-state index contributed by atoms with van der Waals surface area (Å²) in [4.78, 5) is 30.3. The summed E-state index contributed by atoms with van der Waals surface area (Å²) in [6.07, 6.45) is 0.971. The molecule has 3 rings (SSSR count). The van der Waals surface area contributed by atoms with E-state index in [4.69, 9.17) is 0 Å². The molecule has 24 heavy (non-hydrogen) atoms. The van der Waals surface area contributed by atoms with Crippen LogP contribution in [0.4, 0.5) is 0 Å². The number of hydrogen-bond donors (Lipinski definition) is 1. The van der Waals surface area contributed by atoms with E-state index >= 15 is 0 Å². The molecule has 128 valence electrons. The molecule has 1 aliphatic rings. The van der Waals surface area contributed by atoms with Crippen LogP contribution in [0.5, 0.6) is 0 Å². The Balaban J connectivity index is 1.70. The van der Waals surface area contributed by atoms with Crippen molar-refractivity contribution in [3.8, 4) is 0 Å². The lowest BCUT2D eigenvalue weighted by molar-refractivity contribution is -0.131. The van der Waals surface area contributed by atoms with Crippen LogP contribution in [0.15, 0.2) is 29.0 Å². The minimum Gasteiger partial charge on any atom is -0.347 e. The fraction of sp³-hybridized carbons (Fsp3) is 0.412. The molecule has 1 aliphatic heterocycles. The van der Waals surface area contributed by atoms with E-state index in [9.17, 15) is 9.59 Å². The minimum atomic E-state index is -0.106. The summed E-state index contributed by atoms with van der Waals surface area (Å²) in [5, 5.41) is 6.93. The van der Waals surface area contributed by atoms with Crippen molar-refractivity contribution in [2.45, 2.75) is 12.5 Å². The highest BCUT2D eigenvalue weighted by Crippen LogP contribution is 2.39. The zero-order valence-corrected chi connectivity index (χ0v) is 15.5. The normalized spacial score (nSPS) is 17.3. The second-order valence-electron chi connectivity index (χ2n) is 6.00. The van der Waals surface area contributed by atoms with E-state index in [1.807, 2.05) is 0 Å². The number of amides is 2. The van der Waals surface area contributed by atoms with Gasteiger partial charge in [-0.1, -0.05) is 6.07 Å². The van der Waals surface area contributed by atoms with Crippen LogP contribution < -0.4 is 5.32 Å². The van der Waals surface area contributed by atoms with Crippen molar-refractivity contribution >= 4 is 34.5 Å². The molecule has 7 heteroatoms. The van der Waals surface area contributed by atoms with Gasteiger partial charge < -0.3 is 10.2 Å². The fourth-order valence-electron chi connectivity index (χ4n) is 2.89. The molecule has 0 unspecified atom stereocenters. The highest BCUT2D eigenvalue weighted by Gasteiger charge is 2.31. The zero-order valence-electron chi connectivity index (χ0n) is 13.8. The number of rotatable bonds is 5. The van der Waals surface area contributed by atoms with Gasteiger partial charge in [-0.15, -0.1) is 22.7 Å². The Hall–Kier alpha value is -1.70. The highest BCUT2D eigenvalue weighted by molar-refractivity contribution is 7.10. The molecule has 2 aromatic rings. The van der Waals surface area contributed by atoms with Gasteiger partial charge in [-0.05, 0) is 34.9 Å². The first-order chi connectivity index (χ1) is 11.6. The number of likely N-dealkylation sites (N-methyl/N-ethyl adjacent to an activating group) is 1. The van der Waals surface area contributed by atoms with Crippen molar-refractivity contribution in [3.63, 3.8) is 0 Å². The van der Waals surface area contributed by atoms with Crippen molar-refractivity contribution in [2.75, 3.05) is 33.7 Å². The topological polar surface area (TPSA) is 52.7 Å². The van der Waals surface area contributed by atoms with Crippen molar-refractivity contribution in [1.29, 1.82) is 0 Å². The fourth-order valence-corrected chi connectivity index (χ4v) is 4.67. The largest absolute Gasteiger partial charge is 0.347 e. The summed E-state index contributed by atoms with van der Waals surface area (Å²) < 4.78 is 0. The average molecular weight is 364 g/mol. The number of fused-ring (bicyclic) bond motifs is 1. The van der Waals surface area contributed by atoms with Gasteiger partial charge in [0.05, 0.1) is 19.1 Å². The van der Waals surface area contributed by atoms with Gasteiger partial charge in [-0.25, -0.2) is 0 Å². The van der Waals surface area contributed by atoms with Gasteiger partial charge in [-0.3, -0.25) is 14.5 Å². The Kier molecular flexibility index (Phi) is 5.33. The first kappa shape index (κ1) is 17.1. The van der Waals surface area contributed by atoms with Crippen molar-refractivity contribution in [2.24, 2.45) is 0 Å². The Morgan fingerprint density at radius 1 is 1.29 bits per heavy atom. The minimum absolute atomic E-state index is 0.0487. The lowest BCUT2D eigenvalue weighted by Gasteiger charge is -2.34. The van der Waals surface area contributed by atoms with Crippen molar-refractivity contribution in [1.82, 2.24) is 15.1 Å². The summed E-state index contributed by atoms with van der Waals surface area (Å²) in [5.74, 6) is -0.206. The quantitative estimate of drug-likeness (QED) is 0.884. The van der Waals surface area contributed by atoms with Gasteiger partial charge in [-0.2, -0.15) is 0 Å². The third-order valence-corrected chi connectivity index (χ3v) is 6.08. The molecule has 5 nitrogen and oxygen atoms in total. The van der Waals surface area contributed by atoms with Gasteiger partial charge >= 0.3 is 0 Å². The molecule has 0 spiro atoms. The third-order valence-electron chi connectivity index (χ3n) is 4.16. The highest BCUT2D eigenvalue weighted by atomic mass is 32.1. The summed E-state index contributed by atoms with van der Waals surface area (Å²) >= 11 is 3.51. The Labute approximate surface area is 149 Å². The van der Waals surface area contributed by atoms with Gasteiger partial charge in [0, 0.05) is 30.4 Å². The first-order valence-electron chi connectivity index (χ1n) is 7.87. The average Bonchev–Trinajstić information content (AvgIpc) is 3.23. The molecule has 0 aromatic carbocycles. The molecule has 3 heterocycles. The zero-order chi connectivity index (χ0) is 17.1. The van der Waals surface area contributed by atoms with E-state index in [2.05, 4.69) is 39.2 Å². The van der Waals surface area contributed by atoms with Crippen LogP contribution in [-0.4, -0.2) is 55.3 Å². The maximum atomic E-state index is 12.3. The monoisotopic (exact) mass is 363 g/mol. The van der Waals surface area contributed by atoms with Crippen LogP contribution >= 0.6 is 22.7 Å². The van der Waals surface area contributed by atoms with E-state index in [-0.39, 0.29) is 24.4 Å². The Morgan fingerprint density at radius 2 is 2.12 bits per heavy atom. The SMILES string of the molecule is CN(C)C(=O)CNC(=O)CN1CCc2sccc2[C@H]1c1cccs1. The predicted molar refractivity (Wildman–Crippen MR) is 97.5 cm³/mol. The van der Waals surface area contributed by atoms with Crippen molar-refractivity contribution in [3.05, 3.63) is 44.3 Å². The van der Waals surface area contributed by atoms with Crippen LogP contribution in [0.25, 0.3) is 0 Å². The van der Waals surface area contributed by atoms with Gasteiger partial charge in [0.2, 0.25) is 11.8 Å². The molecule has 2 amide bonds. The summed E-state index contributed by atoms with van der Waals surface area (Å²) in [6.45, 7) is 1.21. The molecular formula is C17H21N3O2S2. The first-order valence-corrected chi connectivity index (χ1v) is 9.62. The molecule has 0 aliphatic carbocycles. The Morgan fingerprint density at radius 3 is 2.83 bits per heavy atom. The van der Waals surface area contributed by atoms with Gasteiger partial charge in [0.1, 0.15) is 0 Å². The molecule has 0 saturated heterocycles. The van der Waals surface area contributed by atoms with Crippen LogP contribution in [0.3, 0.4) is 0 Å². The molecule has 1 atom stereocenters. The number of carbonyl (C=O) groups is 2. The molecular weight excluding hydrogens is 342 g/mol. The molecule has 0 radical (unpaired) electrons. The number of nitrogens with one attached hydrogen (secondary N) is 1. The van der Waals surface area contributed by atoms with E-state index in [0.29, 0.717) is 6.54 Å². The number of thiophene rings is 2. The number of nitrogens with zero attached hydrogens (tertiary/aromatic N) is 2. The van der Waals surface area contributed by atoms with Crippen molar-refractivity contribution < 1.29 is 9.59 Å². The third kappa shape index (κ3) is 3.68. The van der Waals surface area contributed by atoms with Gasteiger partial charge in [0.25, 0.3) is 0 Å². The summed E-state index contributed by atoms with van der Waals surface area (Å²) in [5.41, 5.74) is 1.31. The molecule has 0 fully saturated rings. The second kappa shape index (κ2) is 7.46. The van der Waals surface area contributed by atoms with E-state index < -0.39 is 0 Å². The Bertz CT molecular complexity index is 709. The number of hydrogen-bond acceptors (Lipinski definition) is 5. The molecule has 1 N–H and O–H groups in total. The van der Waals surface area contributed by atoms with Gasteiger partial charge in [0.15, 0.2) is 0 Å². The predicted octanol–water partition coefficient (Wildman–Crippen LogP) is 1.96. The standard InChI is InChI=1S/C17H21N3O2S2/c1-19(2)16(22)10-18-15(21)11-20-7-5-13-12(6-9-24-13)17(20)14-4-3-8-23-14/h3-4,6,8-9,17H,5,7,10-11H2,1-2H3,(H,18,21)/t17-/m0/s1. The lowest BCUT2D eigenvalue weighted by atomic mass is 9.98. The molecule has 2 aromatic heterocycles.